The van der Waals surface area contributed by atoms with Crippen LogP contribution in [0.1, 0.15) is 42.1 Å². The molecule has 0 saturated heterocycles. The minimum atomic E-state index is -0.373. The first-order valence-electron chi connectivity index (χ1n) is 8.40. The van der Waals surface area contributed by atoms with E-state index in [0.717, 1.165) is 36.9 Å². The maximum Gasteiger partial charge on any atom is 0.238 e. The van der Waals surface area contributed by atoms with Crippen LogP contribution in [-0.2, 0) is 17.6 Å². The molecule has 2 aromatic heterocycles. The van der Waals surface area contributed by atoms with Gasteiger partial charge in [-0.15, -0.1) is 0 Å². The van der Waals surface area contributed by atoms with Crippen LogP contribution < -0.4 is 5.32 Å². The summed E-state index contributed by atoms with van der Waals surface area (Å²) in [5.41, 5.74) is 3.71. The molecule has 0 aromatic carbocycles. The summed E-state index contributed by atoms with van der Waals surface area (Å²) in [7, 11) is 0. The van der Waals surface area contributed by atoms with Crippen molar-refractivity contribution in [2.45, 2.75) is 49.8 Å². The zero-order valence-electron chi connectivity index (χ0n) is 14.4. The lowest BCUT2D eigenvalue weighted by Crippen LogP contribution is -2.23. The van der Waals surface area contributed by atoms with E-state index < -0.39 is 0 Å². The number of nitrogens with one attached hydrogen (secondary N) is 1. The fraction of sp³-hybridized carbons (Fsp3) is 0.368. The molecule has 0 saturated carbocycles. The Kier molecular flexibility index (Phi) is 5.34. The molecule has 0 spiro atoms. The lowest BCUT2D eigenvalue weighted by Gasteiger charge is -2.18. The molecular weight excluding hydrogens is 332 g/mol. The summed E-state index contributed by atoms with van der Waals surface area (Å²) in [4.78, 5) is 21.3. The van der Waals surface area contributed by atoms with E-state index in [1.807, 2.05) is 32.0 Å². The number of fused-ring (bicyclic) bond motifs is 1. The topological polar surface area (TPSA) is 78.7 Å². The summed E-state index contributed by atoms with van der Waals surface area (Å²) in [6.45, 7) is 3.72. The lowest BCUT2D eigenvalue weighted by atomic mass is 9.95. The third-order valence-corrected chi connectivity index (χ3v) is 5.40. The zero-order valence-corrected chi connectivity index (χ0v) is 15.2. The van der Waals surface area contributed by atoms with E-state index in [4.69, 9.17) is 0 Å². The molecule has 1 amide bonds. The number of rotatable bonds is 4. The molecule has 1 aliphatic rings. The molecule has 1 N–H and O–H groups in total. The van der Waals surface area contributed by atoms with E-state index in [9.17, 15) is 10.1 Å². The number of amides is 1. The summed E-state index contributed by atoms with van der Waals surface area (Å²) >= 11 is 1.33. The van der Waals surface area contributed by atoms with Crippen LogP contribution in [0.15, 0.2) is 29.4 Å². The Hall–Kier alpha value is -2.39. The van der Waals surface area contributed by atoms with Gasteiger partial charge in [-0.05, 0) is 62.8 Å². The highest BCUT2D eigenvalue weighted by Crippen LogP contribution is 2.30. The van der Waals surface area contributed by atoms with Gasteiger partial charge in [-0.1, -0.05) is 17.8 Å². The van der Waals surface area contributed by atoms with Gasteiger partial charge in [0.2, 0.25) is 5.91 Å². The molecule has 1 atom stereocenters. The van der Waals surface area contributed by atoms with Crippen LogP contribution in [0.4, 0.5) is 5.82 Å². The van der Waals surface area contributed by atoms with E-state index >= 15 is 0 Å². The Balaban J connectivity index is 1.76. The summed E-state index contributed by atoms with van der Waals surface area (Å²) in [5.74, 6) is 0.425. The van der Waals surface area contributed by atoms with Crippen molar-refractivity contribution in [3.63, 3.8) is 0 Å². The maximum atomic E-state index is 12.5. The van der Waals surface area contributed by atoms with Gasteiger partial charge >= 0.3 is 0 Å². The molecule has 6 heteroatoms. The Bertz CT molecular complexity index is 844. The Labute approximate surface area is 151 Å². The number of nitrogens with zero attached hydrogens (tertiary/aromatic N) is 3. The Morgan fingerprint density at radius 3 is 2.96 bits per heavy atom. The number of aryl methyl sites for hydroxylation is 3. The highest BCUT2D eigenvalue weighted by atomic mass is 32.2. The highest BCUT2D eigenvalue weighted by Gasteiger charge is 2.21. The smallest absolute Gasteiger partial charge is 0.238 e. The molecule has 128 valence electrons. The fourth-order valence-electron chi connectivity index (χ4n) is 2.84. The van der Waals surface area contributed by atoms with Crippen LogP contribution in [0.25, 0.3) is 0 Å². The molecule has 0 aliphatic heterocycles. The first-order valence-corrected chi connectivity index (χ1v) is 9.28. The first kappa shape index (κ1) is 17.4. The number of aromatic nitrogens is 2. The number of hydrogen-bond donors (Lipinski definition) is 1. The van der Waals surface area contributed by atoms with Crippen molar-refractivity contribution in [3.8, 4) is 6.07 Å². The summed E-state index contributed by atoms with van der Waals surface area (Å²) < 4.78 is 0. The minimum absolute atomic E-state index is 0.143. The number of pyridine rings is 2. The fourth-order valence-corrected chi connectivity index (χ4v) is 3.74. The quantitative estimate of drug-likeness (QED) is 0.850. The number of carbonyl (C=O) groups is 1. The Morgan fingerprint density at radius 2 is 2.20 bits per heavy atom. The van der Waals surface area contributed by atoms with Crippen molar-refractivity contribution >= 4 is 23.5 Å². The van der Waals surface area contributed by atoms with Gasteiger partial charge < -0.3 is 5.32 Å². The van der Waals surface area contributed by atoms with Crippen LogP contribution in [0.5, 0.6) is 0 Å². The highest BCUT2D eigenvalue weighted by molar-refractivity contribution is 8.00. The van der Waals surface area contributed by atoms with Gasteiger partial charge in [0.25, 0.3) is 0 Å². The van der Waals surface area contributed by atoms with Crippen LogP contribution in [0, 0.1) is 18.3 Å². The minimum Gasteiger partial charge on any atom is -0.310 e. The van der Waals surface area contributed by atoms with Crippen LogP contribution in [-0.4, -0.2) is 21.1 Å². The Morgan fingerprint density at radius 1 is 1.40 bits per heavy atom. The number of hydrogen-bond acceptors (Lipinski definition) is 5. The van der Waals surface area contributed by atoms with Gasteiger partial charge in [-0.25, -0.2) is 9.97 Å². The van der Waals surface area contributed by atoms with E-state index in [0.29, 0.717) is 16.4 Å². The van der Waals surface area contributed by atoms with E-state index in [-0.39, 0.29) is 11.2 Å². The van der Waals surface area contributed by atoms with Crippen LogP contribution in [0.3, 0.4) is 0 Å². The largest absolute Gasteiger partial charge is 0.310 e. The first-order chi connectivity index (χ1) is 12.1. The second-order valence-corrected chi connectivity index (χ2v) is 7.51. The predicted molar refractivity (Wildman–Crippen MR) is 98.5 cm³/mol. The number of anilines is 1. The van der Waals surface area contributed by atoms with Gasteiger partial charge in [0, 0.05) is 11.9 Å². The molecule has 2 heterocycles. The van der Waals surface area contributed by atoms with Crippen molar-refractivity contribution in [3.05, 3.63) is 46.8 Å². The van der Waals surface area contributed by atoms with Gasteiger partial charge in [0.05, 0.1) is 10.8 Å². The normalized spacial score (nSPS) is 14.3. The third kappa shape index (κ3) is 3.99. The van der Waals surface area contributed by atoms with Crippen molar-refractivity contribution in [1.82, 2.24) is 9.97 Å². The van der Waals surface area contributed by atoms with Crippen LogP contribution >= 0.6 is 11.8 Å². The van der Waals surface area contributed by atoms with E-state index in [2.05, 4.69) is 21.4 Å². The van der Waals surface area contributed by atoms with Gasteiger partial charge in [-0.2, -0.15) is 5.26 Å². The molecule has 1 unspecified atom stereocenters. The predicted octanol–water partition coefficient (Wildman–Crippen LogP) is 3.65. The lowest BCUT2D eigenvalue weighted by molar-refractivity contribution is -0.115. The molecule has 2 aromatic rings. The molecule has 1 aliphatic carbocycles. The number of thioether (sulfide) groups is 1. The molecular formula is C19H20N4OS. The monoisotopic (exact) mass is 352 g/mol. The summed E-state index contributed by atoms with van der Waals surface area (Å²) in [6.07, 6.45) is 5.86. The standard InChI is InChI=1S/C19H20N4OS/c1-12-6-5-9-21-17(12)23-18(24)13(2)25-19-15(11-20)10-14-7-3-4-8-16(14)22-19/h5-6,9-10,13H,3-4,7-8H2,1-2H3,(H,21,23,24). The molecule has 0 fully saturated rings. The molecule has 0 radical (unpaired) electrons. The van der Waals surface area contributed by atoms with Crippen molar-refractivity contribution in [1.29, 1.82) is 5.26 Å². The second kappa shape index (κ2) is 7.66. The van der Waals surface area contributed by atoms with Gasteiger partial charge in [-0.3, -0.25) is 4.79 Å². The maximum absolute atomic E-state index is 12.5. The second-order valence-electron chi connectivity index (χ2n) is 6.18. The van der Waals surface area contributed by atoms with Gasteiger partial charge in [0.1, 0.15) is 16.9 Å². The van der Waals surface area contributed by atoms with E-state index in [1.54, 1.807) is 6.20 Å². The average Bonchev–Trinajstić information content (AvgIpc) is 2.63. The van der Waals surface area contributed by atoms with E-state index in [1.165, 1.54) is 17.3 Å². The zero-order chi connectivity index (χ0) is 17.8. The van der Waals surface area contributed by atoms with Crippen molar-refractivity contribution < 1.29 is 4.79 Å². The third-order valence-electron chi connectivity index (χ3n) is 4.29. The molecule has 3 rings (SSSR count). The van der Waals surface area contributed by atoms with Crippen molar-refractivity contribution in [2.24, 2.45) is 0 Å². The summed E-state index contributed by atoms with van der Waals surface area (Å²) in [6, 6.07) is 7.90. The number of carbonyl (C=O) groups excluding carboxylic acids is 1. The summed E-state index contributed by atoms with van der Waals surface area (Å²) in [5, 5.41) is 12.5. The molecule has 0 bridgehead atoms. The van der Waals surface area contributed by atoms with Crippen molar-refractivity contribution in [2.75, 3.05) is 5.32 Å². The van der Waals surface area contributed by atoms with Gasteiger partial charge in [0.15, 0.2) is 0 Å². The van der Waals surface area contributed by atoms with Crippen LogP contribution in [0.2, 0.25) is 0 Å². The SMILES string of the molecule is Cc1cccnc1NC(=O)C(C)Sc1nc2c(cc1C#N)CCCC2. The molecule has 5 nitrogen and oxygen atoms in total. The average molecular weight is 352 g/mol. The number of nitriles is 1. The molecule has 25 heavy (non-hydrogen) atoms.